The Hall–Kier alpha value is -2.66. The molecule has 0 bridgehead atoms. The molecule has 0 spiro atoms. The highest BCUT2D eigenvalue weighted by Crippen LogP contribution is 2.29. The number of aryl methyl sites for hydroxylation is 1. The van der Waals surface area contributed by atoms with Crippen LogP contribution in [0.5, 0.6) is 5.75 Å². The molecular formula is C22H24FN3O. The summed E-state index contributed by atoms with van der Waals surface area (Å²) in [4.78, 5) is 0. The van der Waals surface area contributed by atoms with Gasteiger partial charge in [-0.2, -0.15) is 5.10 Å². The van der Waals surface area contributed by atoms with E-state index in [4.69, 9.17) is 4.74 Å². The predicted molar refractivity (Wildman–Crippen MR) is 103 cm³/mol. The average molecular weight is 365 g/mol. The van der Waals surface area contributed by atoms with E-state index in [2.05, 4.69) is 22.5 Å². The number of halogens is 1. The maximum atomic E-state index is 13.2. The van der Waals surface area contributed by atoms with Crippen LogP contribution in [0.1, 0.15) is 41.3 Å². The van der Waals surface area contributed by atoms with Gasteiger partial charge in [0.2, 0.25) is 0 Å². The zero-order valence-electron chi connectivity index (χ0n) is 15.5. The number of nitrogens with zero attached hydrogens (tertiary/aromatic N) is 2. The van der Waals surface area contributed by atoms with Gasteiger partial charge in [-0.15, -0.1) is 0 Å². The number of ether oxygens (including phenoxy) is 1. The molecule has 2 aromatic carbocycles. The molecule has 0 saturated carbocycles. The van der Waals surface area contributed by atoms with Crippen molar-refractivity contribution in [3.63, 3.8) is 0 Å². The SMILES string of the molecule is Cn1ncc2c1CCC[C@H]2NCc1ccc(OCc2cccc(F)c2)cc1. The molecule has 1 aromatic heterocycles. The summed E-state index contributed by atoms with van der Waals surface area (Å²) in [7, 11) is 2.02. The van der Waals surface area contributed by atoms with E-state index in [9.17, 15) is 4.39 Å². The van der Waals surface area contributed by atoms with Crippen molar-refractivity contribution in [1.29, 1.82) is 0 Å². The summed E-state index contributed by atoms with van der Waals surface area (Å²) in [5.74, 6) is 0.548. The van der Waals surface area contributed by atoms with Crippen molar-refractivity contribution in [3.05, 3.63) is 82.9 Å². The molecule has 0 radical (unpaired) electrons. The molecule has 1 aliphatic rings. The maximum absolute atomic E-state index is 13.2. The van der Waals surface area contributed by atoms with Crippen LogP contribution in [0.2, 0.25) is 0 Å². The lowest BCUT2D eigenvalue weighted by molar-refractivity contribution is 0.305. The standard InChI is InChI=1S/C22H24FN3O/c1-26-22-7-3-6-21(20(22)14-25-26)24-13-16-8-10-19(11-9-16)27-15-17-4-2-5-18(23)12-17/h2,4-5,8-12,14,21,24H,3,6-7,13,15H2,1H3/t21-/m1/s1. The quantitative estimate of drug-likeness (QED) is 0.708. The third-order valence-electron chi connectivity index (χ3n) is 5.15. The van der Waals surface area contributed by atoms with Crippen molar-refractivity contribution in [3.8, 4) is 5.75 Å². The monoisotopic (exact) mass is 365 g/mol. The summed E-state index contributed by atoms with van der Waals surface area (Å²) in [5.41, 5.74) is 4.72. The molecule has 4 rings (SSSR count). The van der Waals surface area contributed by atoms with Crippen LogP contribution >= 0.6 is 0 Å². The Bertz CT molecular complexity index is 904. The molecule has 1 aliphatic carbocycles. The topological polar surface area (TPSA) is 39.1 Å². The number of aromatic nitrogens is 2. The van der Waals surface area contributed by atoms with Gasteiger partial charge in [0.15, 0.2) is 0 Å². The van der Waals surface area contributed by atoms with Gasteiger partial charge in [0.25, 0.3) is 0 Å². The Labute approximate surface area is 159 Å². The zero-order valence-corrected chi connectivity index (χ0v) is 15.5. The summed E-state index contributed by atoms with van der Waals surface area (Å²) >= 11 is 0. The van der Waals surface area contributed by atoms with Crippen LogP contribution in [0, 0.1) is 5.82 Å². The number of hydrogen-bond donors (Lipinski definition) is 1. The molecule has 0 aliphatic heterocycles. The summed E-state index contributed by atoms with van der Waals surface area (Å²) in [5, 5.41) is 8.06. The van der Waals surface area contributed by atoms with Gasteiger partial charge >= 0.3 is 0 Å². The van der Waals surface area contributed by atoms with E-state index in [1.165, 1.54) is 35.4 Å². The number of nitrogens with one attached hydrogen (secondary N) is 1. The molecule has 1 heterocycles. The van der Waals surface area contributed by atoms with Gasteiger partial charge in [-0.1, -0.05) is 24.3 Å². The third kappa shape index (κ3) is 4.19. The van der Waals surface area contributed by atoms with E-state index in [0.29, 0.717) is 12.6 Å². The Morgan fingerprint density at radius 2 is 2.04 bits per heavy atom. The number of fused-ring (bicyclic) bond motifs is 1. The van der Waals surface area contributed by atoms with E-state index in [0.717, 1.165) is 30.7 Å². The maximum Gasteiger partial charge on any atom is 0.123 e. The number of hydrogen-bond acceptors (Lipinski definition) is 3. The first kappa shape index (κ1) is 17.7. The van der Waals surface area contributed by atoms with Crippen molar-refractivity contribution < 1.29 is 9.13 Å². The summed E-state index contributed by atoms with van der Waals surface area (Å²) < 4.78 is 21.0. The second-order valence-electron chi connectivity index (χ2n) is 7.06. The van der Waals surface area contributed by atoms with Gasteiger partial charge in [0.1, 0.15) is 18.2 Å². The third-order valence-corrected chi connectivity index (χ3v) is 5.15. The predicted octanol–water partition coefficient (Wildman–Crippen LogP) is 4.31. The average Bonchev–Trinajstić information content (AvgIpc) is 3.07. The van der Waals surface area contributed by atoms with Crippen LogP contribution < -0.4 is 10.1 Å². The molecule has 1 atom stereocenters. The lowest BCUT2D eigenvalue weighted by Crippen LogP contribution is -2.24. The highest BCUT2D eigenvalue weighted by Gasteiger charge is 2.22. The summed E-state index contributed by atoms with van der Waals surface area (Å²) in [6, 6.07) is 14.9. The van der Waals surface area contributed by atoms with Crippen molar-refractivity contribution in [1.82, 2.24) is 15.1 Å². The molecule has 0 fully saturated rings. The molecule has 27 heavy (non-hydrogen) atoms. The smallest absolute Gasteiger partial charge is 0.123 e. The molecule has 5 heteroatoms. The van der Waals surface area contributed by atoms with Crippen LogP contribution in [-0.4, -0.2) is 9.78 Å². The van der Waals surface area contributed by atoms with Gasteiger partial charge in [0.05, 0.1) is 6.20 Å². The van der Waals surface area contributed by atoms with Crippen molar-refractivity contribution in [2.24, 2.45) is 7.05 Å². The van der Waals surface area contributed by atoms with Gasteiger partial charge in [-0.05, 0) is 54.7 Å². The van der Waals surface area contributed by atoms with Gasteiger partial charge < -0.3 is 10.1 Å². The van der Waals surface area contributed by atoms with Crippen LogP contribution in [0.15, 0.2) is 54.7 Å². The number of benzene rings is 2. The molecule has 4 nitrogen and oxygen atoms in total. The van der Waals surface area contributed by atoms with Gasteiger partial charge in [-0.25, -0.2) is 4.39 Å². The van der Waals surface area contributed by atoms with Gasteiger partial charge in [0, 0.05) is 30.9 Å². The van der Waals surface area contributed by atoms with Crippen molar-refractivity contribution in [2.75, 3.05) is 0 Å². The Morgan fingerprint density at radius 3 is 2.85 bits per heavy atom. The molecule has 140 valence electrons. The van der Waals surface area contributed by atoms with Gasteiger partial charge in [-0.3, -0.25) is 4.68 Å². The lowest BCUT2D eigenvalue weighted by atomic mass is 9.93. The first-order valence-electron chi connectivity index (χ1n) is 9.39. The van der Waals surface area contributed by atoms with E-state index < -0.39 is 0 Å². The van der Waals surface area contributed by atoms with Crippen LogP contribution in [0.4, 0.5) is 4.39 Å². The van der Waals surface area contributed by atoms with E-state index in [1.54, 1.807) is 6.07 Å². The van der Waals surface area contributed by atoms with Crippen LogP contribution in [-0.2, 0) is 26.6 Å². The minimum atomic E-state index is -0.239. The molecule has 0 saturated heterocycles. The van der Waals surface area contributed by atoms with Crippen molar-refractivity contribution >= 4 is 0 Å². The first-order chi connectivity index (χ1) is 13.2. The molecule has 1 N–H and O–H groups in total. The van der Waals surface area contributed by atoms with Crippen LogP contribution in [0.25, 0.3) is 0 Å². The molecular weight excluding hydrogens is 341 g/mol. The first-order valence-corrected chi connectivity index (χ1v) is 9.39. The fourth-order valence-corrected chi connectivity index (χ4v) is 3.66. The normalized spacial score (nSPS) is 16.1. The molecule has 0 amide bonds. The Morgan fingerprint density at radius 1 is 1.19 bits per heavy atom. The molecule has 0 unspecified atom stereocenters. The highest BCUT2D eigenvalue weighted by atomic mass is 19.1. The highest BCUT2D eigenvalue weighted by molar-refractivity contribution is 5.29. The summed E-state index contributed by atoms with van der Waals surface area (Å²) in [6.07, 6.45) is 5.45. The van der Waals surface area contributed by atoms with Crippen molar-refractivity contribution in [2.45, 2.75) is 38.5 Å². The number of rotatable bonds is 6. The second-order valence-corrected chi connectivity index (χ2v) is 7.06. The lowest BCUT2D eigenvalue weighted by Gasteiger charge is -2.24. The van der Waals surface area contributed by atoms with E-state index in [-0.39, 0.29) is 5.82 Å². The summed E-state index contributed by atoms with van der Waals surface area (Å²) in [6.45, 7) is 1.17. The van der Waals surface area contributed by atoms with E-state index >= 15 is 0 Å². The van der Waals surface area contributed by atoms with E-state index in [1.807, 2.05) is 36.1 Å². The minimum Gasteiger partial charge on any atom is -0.489 e. The second kappa shape index (κ2) is 7.92. The fraction of sp³-hybridized carbons (Fsp3) is 0.318. The van der Waals surface area contributed by atoms with Crippen LogP contribution in [0.3, 0.4) is 0 Å². The molecule has 3 aromatic rings. The Kier molecular flexibility index (Phi) is 5.21. The minimum absolute atomic E-state index is 0.239. The zero-order chi connectivity index (χ0) is 18.6. The Balaban J connectivity index is 1.32. The fourth-order valence-electron chi connectivity index (χ4n) is 3.66. The largest absolute Gasteiger partial charge is 0.489 e.